The molecule has 1 aromatic carbocycles. The molecular formula is C18H17N5O2. The van der Waals surface area contributed by atoms with Gasteiger partial charge in [-0.05, 0) is 5.56 Å². The molecule has 0 radical (unpaired) electrons. The van der Waals surface area contributed by atoms with Gasteiger partial charge in [-0.15, -0.1) is 5.10 Å². The molecule has 0 spiro atoms. The normalized spacial score (nSPS) is 13.4. The molecule has 3 heterocycles. The van der Waals surface area contributed by atoms with Gasteiger partial charge in [0, 0.05) is 25.0 Å². The first kappa shape index (κ1) is 15.3. The number of hydrogen-bond donors (Lipinski definition) is 0. The van der Waals surface area contributed by atoms with E-state index in [4.69, 9.17) is 4.74 Å². The molecule has 4 rings (SSSR count). The Morgan fingerprint density at radius 2 is 2.04 bits per heavy atom. The number of amides is 1. The SMILES string of the molecule is O=C(c1cnccn1)N1CCn2nc(OCc3ccccc3)cc2C1. The van der Waals surface area contributed by atoms with E-state index in [1.807, 2.05) is 41.1 Å². The first-order valence-corrected chi connectivity index (χ1v) is 8.08. The van der Waals surface area contributed by atoms with Crippen LogP contribution in [0.3, 0.4) is 0 Å². The first-order valence-electron chi connectivity index (χ1n) is 8.08. The fraction of sp³-hybridized carbons (Fsp3) is 0.222. The maximum atomic E-state index is 12.5. The van der Waals surface area contributed by atoms with Gasteiger partial charge in [-0.1, -0.05) is 30.3 Å². The molecule has 3 aromatic rings. The summed E-state index contributed by atoms with van der Waals surface area (Å²) in [4.78, 5) is 22.3. The van der Waals surface area contributed by atoms with Gasteiger partial charge < -0.3 is 9.64 Å². The number of fused-ring (bicyclic) bond motifs is 1. The molecule has 25 heavy (non-hydrogen) atoms. The third kappa shape index (κ3) is 3.35. The number of nitrogens with zero attached hydrogens (tertiary/aromatic N) is 5. The van der Waals surface area contributed by atoms with Gasteiger partial charge in [0.25, 0.3) is 5.91 Å². The number of hydrogen-bond acceptors (Lipinski definition) is 5. The highest BCUT2D eigenvalue weighted by Crippen LogP contribution is 2.20. The van der Waals surface area contributed by atoms with Crippen LogP contribution in [0.2, 0.25) is 0 Å². The van der Waals surface area contributed by atoms with Crippen LogP contribution in [0.25, 0.3) is 0 Å². The first-order chi connectivity index (χ1) is 12.3. The van der Waals surface area contributed by atoms with Crippen molar-refractivity contribution in [2.24, 2.45) is 0 Å². The zero-order valence-corrected chi connectivity index (χ0v) is 13.6. The Morgan fingerprint density at radius 3 is 2.84 bits per heavy atom. The predicted molar refractivity (Wildman–Crippen MR) is 89.8 cm³/mol. The van der Waals surface area contributed by atoms with Crippen LogP contribution in [-0.2, 0) is 19.7 Å². The molecule has 0 aliphatic carbocycles. The van der Waals surface area contributed by atoms with Gasteiger partial charge in [0.2, 0.25) is 5.88 Å². The van der Waals surface area contributed by atoms with Crippen molar-refractivity contribution in [1.82, 2.24) is 24.6 Å². The van der Waals surface area contributed by atoms with E-state index in [0.717, 1.165) is 11.3 Å². The zero-order valence-electron chi connectivity index (χ0n) is 13.6. The molecule has 1 aliphatic rings. The molecule has 0 bridgehead atoms. The van der Waals surface area contributed by atoms with Gasteiger partial charge >= 0.3 is 0 Å². The summed E-state index contributed by atoms with van der Waals surface area (Å²) >= 11 is 0. The van der Waals surface area contributed by atoms with Crippen LogP contribution in [0.4, 0.5) is 0 Å². The molecule has 126 valence electrons. The van der Waals surface area contributed by atoms with Crippen molar-refractivity contribution in [3.8, 4) is 5.88 Å². The third-order valence-corrected chi connectivity index (χ3v) is 4.07. The Labute approximate surface area is 144 Å². The lowest BCUT2D eigenvalue weighted by Crippen LogP contribution is -2.38. The molecule has 2 aromatic heterocycles. The summed E-state index contributed by atoms with van der Waals surface area (Å²) in [6.45, 7) is 2.18. The Morgan fingerprint density at radius 1 is 1.16 bits per heavy atom. The molecule has 0 unspecified atom stereocenters. The van der Waals surface area contributed by atoms with E-state index in [1.165, 1.54) is 12.4 Å². The van der Waals surface area contributed by atoms with Crippen molar-refractivity contribution < 1.29 is 9.53 Å². The van der Waals surface area contributed by atoms with Gasteiger partial charge in [0.15, 0.2) is 0 Å². The molecule has 1 amide bonds. The standard InChI is InChI=1S/C18H17N5O2/c24-18(16-11-19-6-7-20-16)22-8-9-23-15(12-22)10-17(21-23)25-13-14-4-2-1-3-5-14/h1-7,10-11H,8-9,12-13H2. The van der Waals surface area contributed by atoms with Crippen LogP contribution < -0.4 is 4.74 Å². The topological polar surface area (TPSA) is 73.1 Å². The smallest absolute Gasteiger partial charge is 0.274 e. The molecule has 1 aliphatic heterocycles. The fourth-order valence-electron chi connectivity index (χ4n) is 2.79. The highest BCUT2D eigenvalue weighted by molar-refractivity contribution is 5.91. The minimum absolute atomic E-state index is 0.118. The van der Waals surface area contributed by atoms with Gasteiger partial charge in [0.05, 0.1) is 25.0 Å². The maximum absolute atomic E-state index is 12.5. The molecule has 0 fully saturated rings. The fourth-order valence-corrected chi connectivity index (χ4v) is 2.79. The lowest BCUT2D eigenvalue weighted by atomic mass is 10.2. The van der Waals surface area contributed by atoms with Gasteiger partial charge in [-0.2, -0.15) is 0 Å². The van der Waals surface area contributed by atoms with E-state index in [1.54, 1.807) is 11.1 Å². The summed E-state index contributed by atoms with van der Waals surface area (Å²) in [6, 6.07) is 11.8. The van der Waals surface area contributed by atoms with Crippen molar-refractivity contribution in [2.75, 3.05) is 6.54 Å². The molecule has 0 N–H and O–H groups in total. The van der Waals surface area contributed by atoms with Gasteiger partial charge in [-0.25, -0.2) is 4.98 Å². The van der Waals surface area contributed by atoms with Crippen LogP contribution in [0, 0.1) is 0 Å². The summed E-state index contributed by atoms with van der Waals surface area (Å²) in [5, 5.41) is 4.46. The van der Waals surface area contributed by atoms with E-state index < -0.39 is 0 Å². The van der Waals surface area contributed by atoms with Crippen molar-refractivity contribution in [2.45, 2.75) is 19.7 Å². The van der Waals surface area contributed by atoms with Crippen molar-refractivity contribution in [3.63, 3.8) is 0 Å². The second kappa shape index (κ2) is 6.72. The molecule has 0 saturated heterocycles. The van der Waals surface area contributed by atoms with Crippen LogP contribution in [0.1, 0.15) is 21.7 Å². The van der Waals surface area contributed by atoms with E-state index in [0.29, 0.717) is 37.8 Å². The Kier molecular flexibility index (Phi) is 4.12. The largest absolute Gasteiger partial charge is 0.472 e. The average molecular weight is 335 g/mol. The predicted octanol–water partition coefficient (Wildman–Crippen LogP) is 1.91. The highest BCUT2D eigenvalue weighted by Gasteiger charge is 2.24. The van der Waals surface area contributed by atoms with Crippen LogP contribution in [0.5, 0.6) is 5.88 Å². The molecule has 7 nitrogen and oxygen atoms in total. The summed E-state index contributed by atoms with van der Waals surface area (Å²) < 4.78 is 7.66. The molecule has 7 heteroatoms. The average Bonchev–Trinajstić information content (AvgIpc) is 3.09. The van der Waals surface area contributed by atoms with Crippen molar-refractivity contribution in [3.05, 3.63) is 71.9 Å². The minimum atomic E-state index is -0.118. The number of carbonyl (C=O) groups is 1. The van der Waals surface area contributed by atoms with Crippen LogP contribution in [-0.4, -0.2) is 37.1 Å². The van der Waals surface area contributed by atoms with E-state index in [-0.39, 0.29) is 5.91 Å². The number of benzene rings is 1. The van der Waals surface area contributed by atoms with E-state index in [9.17, 15) is 4.79 Å². The van der Waals surface area contributed by atoms with E-state index in [2.05, 4.69) is 15.1 Å². The van der Waals surface area contributed by atoms with Crippen molar-refractivity contribution >= 4 is 5.91 Å². The van der Waals surface area contributed by atoms with Crippen LogP contribution >= 0.6 is 0 Å². The second-order valence-electron chi connectivity index (χ2n) is 5.79. The molecule has 0 atom stereocenters. The lowest BCUT2D eigenvalue weighted by molar-refractivity contribution is 0.0699. The summed E-state index contributed by atoms with van der Waals surface area (Å²) in [6.07, 6.45) is 4.57. The second-order valence-corrected chi connectivity index (χ2v) is 5.79. The highest BCUT2D eigenvalue weighted by atomic mass is 16.5. The van der Waals surface area contributed by atoms with Crippen molar-refractivity contribution in [1.29, 1.82) is 0 Å². The minimum Gasteiger partial charge on any atom is -0.472 e. The Balaban J connectivity index is 1.43. The maximum Gasteiger partial charge on any atom is 0.274 e. The lowest BCUT2D eigenvalue weighted by Gasteiger charge is -2.27. The monoisotopic (exact) mass is 335 g/mol. The summed E-state index contributed by atoms with van der Waals surface area (Å²) in [7, 11) is 0. The number of ether oxygens (including phenoxy) is 1. The molecule has 0 saturated carbocycles. The Bertz CT molecular complexity index is 864. The number of carbonyl (C=O) groups excluding carboxylic acids is 1. The quantitative estimate of drug-likeness (QED) is 0.728. The van der Waals surface area contributed by atoms with Crippen LogP contribution in [0.15, 0.2) is 55.0 Å². The summed E-state index contributed by atoms with van der Waals surface area (Å²) in [5.41, 5.74) is 2.40. The number of aromatic nitrogens is 4. The zero-order chi connectivity index (χ0) is 17.1. The number of rotatable bonds is 4. The van der Waals surface area contributed by atoms with E-state index >= 15 is 0 Å². The third-order valence-electron chi connectivity index (χ3n) is 4.07. The van der Waals surface area contributed by atoms with Gasteiger partial charge in [-0.3, -0.25) is 14.5 Å². The van der Waals surface area contributed by atoms with Gasteiger partial charge in [0.1, 0.15) is 12.3 Å². The summed E-state index contributed by atoms with van der Waals surface area (Å²) in [5.74, 6) is 0.458. The Hall–Kier alpha value is -3.22. The molecular weight excluding hydrogens is 318 g/mol.